The molecule has 1 spiro atoms. The average Bonchev–Trinajstić information content (AvgIpc) is 2.82. The number of phenols is 1. The van der Waals surface area contributed by atoms with Gasteiger partial charge >= 0.3 is 0 Å². The summed E-state index contributed by atoms with van der Waals surface area (Å²) >= 11 is 0. The van der Waals surface area contributed by atoms with Crippen LogP contribution in [-0.2, 0) is 0 Å². The molecule has 2 aliphatic heterocycles. The lowest BCUT2D eigenvalue weighted by Gasteiger charge is -2.46. The molecule has 3 aromatic carbocycles. The maximum absolute atomic E-state index is 10.8. The van der Waals surface area contributed by atoms with Gasteiger partial charge in [-0.1, -0.05) is 54.6 Å². The van der Waals surface area contributed by atoms with Gasteiger partial charge in [0.05, 0.1) is 12.2 Å². The highest BCUT2D eigenvalue weighted by Crippen LogP contribution is 2.45. The second-order valence-electron chi connectivity index (χ2n) is 9.03. The number of phenolic OH excluding ortho intramolecular Hbond substituents is 1. The lowest BCUT2D eigenvalue weighted by Crippen LogP contribution is -2.51. The number of ether oxygens (including phenoxy) is 1. The van der Waals surface area contributed by atoms with Crippen LogP contribution in [0.5, 0.6) is 11.5 Å². The van der Waals surface area contributed by atoms with Gasteiger partial charge in [-0.05, 0) is 47.7 Å². The van der Waals surface area contributed by atoms with Crippen LogP contribution < -0.4 is 4.74 Å². The molecule has 0 aromatic heterocycles. The first-order valence-electron chi connectivity index (χ1n) is 11.3. The summed E-state index contributed by atoms with van der Waals surface area (Å²) in [5.41, 5.74) is 3.50. The van der Waals surface area contributed by atoms with E-state index in [1.807, 2.05) is 30.3 Å². The maximum Gasteiger partial charge on any atom is 0.126 e. The fourth-order valence-electron chi connectivity index (χ4n) is 4.95. The van der Waals surface area contributed by atoms with Crippen LogP contribution in [0.2, 0.25) is 0 Å². The van der Waals surface area contributed by atoms with Crippen LogP contribution in [0.3, 0.4) is 0 Å². The van der Waals surface area contributed by atoms with Crippen molar-refractivity contribution in [2.75, 3.05) is 19.6 Å². The minimum atomic E-state index is -0.633. The molecule has 0 bridgehead atoms. The smallest absolute Gasteiger partial charge is 0.126 e. The van der Waals surface area contributed by atoms with E-state index in [1.54, 1.807) is 18.2 Å². The van der Waals surface area contributed by atoms with Crippen LogP contribution in [0.25, 0.3) is 11.1 Å². The predicted octanol–water partition coefficient (Wildman–Crippen LogP) is 4.44. The predicted molar refractivity (Wildman–Crippen MR) is 124 cm³/mol. The molecule has 5 heteroatoms. The summed E-state index contributed by atoms with van der Waals surface area (Å²) in [6.07, 6.45) is 0.941. The molecule has 0 saturated carbocycles. The second-order valence-corrected chi connectivity index (χ2v) is 9.03. The fourth-order valence-corrected chi connectivity index (χ4v) is 4.95. The van der Waals surface area contributed by atoms with Crippen LogP contribution in [0, 0.1) is 0 Å². The number of aliphatic hydroxyl groups excluding tert-OH is 2. The Kier molecular flexibility index (Phi) is 5.64. The molecule has 2 atom stereocenters. The zero-order valence-corrected chi connectivity index (χ0v) is 18.0. The number of hydrogen-bond acceptors (Lipinski definition) is 5. The Balaban J connectivity index is 1.19. The van der Waals surface area contributed by atoms with Gasteiger partial charge in [-0.15, -0.1) is 0 Å². The third-order valence-electron chi connectivity index (χ3n) is 6.85. The molecule has 0 amide bonds. The second kappa shape index (κ2) is 8.58. The summed E-state index contributed by atoms with van der Waals surface area (Å²) in [6.45, 7) is 2.19. The lowest BCUT2D eigenvalue weighted by atomic mass is 9.81. The number of rotatable bonds is 4. The Morgan fingerprint density at radius 3 is 2.34 bits per heavy atom. The van der Waals surface area contributed by atoms with Gasteiger partial charge in [-0.25, -0.2) is 0 Å². The number of nitrogens with zero attached hydrogens (tertiary/aromatic N) is 1. The van der Waals surface area contributed by atoms with Crippen molar-refractivity contribution in [2.45, 2.75) is 37.1 Å². The SMILES string of the molecule is Oc1ccc2c(c1)[C@H](O)CC1(CCN(C[C@@H](O)c3ccc(-c4ccccc4)cc3)CC1)O2. The number of β-amino-alcohol motifs (C(OH)–C–C–N with tert-alkyl or cyclic N) is 1. The van der Waals surface area contributed by atoms with Crippen molar-refractivity contribution in [3.8, 4) is 22.6 Å². The zero-order valence-electron chi connectivity index (χ0n) is 18.0. The molecule has 2 heterocycles. The van der Waals surface area contributed by atoms with Crippen molar-refractivity contribution in [3.05, 3.63) is 83.9 Å². The molecular formula is C27H29NO4. The highest BCUT2D eigenvalue weighted by molar-refractivity contribution is 5.63. The van der Waals surface area contributed by atoms with Crippen molar-refractivity contribution >= 4 is 0 Å². The van der Waals surface area contributed by atoms with Crippen molar-refractivity contribution < 1.29 is 20.1 Å². The zero-order chi connectivity index (χ0) is 22.1. The molecule has 1 saturated heterocycles. The molecular weight excluding hydrogens is 402 g/mol. The third kappa shape index (κ3) is 4.24. The van der Waals surface area contributed by atoms with Gasteiger partial charge in [0.1, 0.15) is 17.1 Å². The summed E-state index contributed by atoms with van der Waals surface area (Å²) < 4.78 is 6.32. The van der Waals surface area contributed by atoms with Crippen LogP contribution in [0.4, 0.5) is 0 Å². The Hall–Kier alpha value is -2.86. The van der Waals surface area contributed by atoms with E-state index in [2.05, 4.69) is 29.2 Å². The molecule has 2 aliphatic rings. The topological polar surface area (TPSA) is 73.2 Å². The minimum absolute atomic E-state index is 0.142. The van der Waals surface area contributed by atoms with Crippen molar-refractivity contribution in [2.24, 2.45) is 0 Å². The molecule has 5 nitrogen and oxygen atoms in total. The molecule has 0 radical (unpaired) electrons. The quantitative estimate of drug-likeness (QED) is 0.570. The standard InChI is InChI=1S/C27H29NO4/c29-22-10-11-26-23(16-22)24(30)17-27(32-26)12-14-28(15-13-27)18-25(31)21-8-6-20(7-9-21)19-4-2-1-3-5-19/h1-11,16,24-25,29-31H,12-15,17-18H2/t24-,25-/m1/s1. The van der Waals surface area contributed by atoms with Gasteiger partial charge in [0, 0.05) is 31.6 Å². The summed E-state index contributed by atoms with van der Waals surface area (Å²) in [6, 6.07) is 23.3. The average molecular weight is 432 g/mol. The number of benzene rings is 3. The first kappa shape index (κ1) is 21.0. The highest BCUT2D eigenvalue weighted by Gasteiger charge is 2.43. The van der Waals surface area contributed by atoms with Crippen molar-refractivity contribution in [1.29, 1.82) is 0 Å². The number of aromatic hydroxyl groups is 1. The Morgan fingerprint density at radius 1 is 0.938 bits per heavy atom. The van der Waals surface area contributed by atoms with E-state index in [0.29, 0.717) is 24.3 Å². The van der Waals surface area contributed by atoms with E-state index in [1.165, 1.54) is 5.56 Å². The number of piperidine rings is 1. The summed E-state index contributed by atoms with van der Waals surface area (Å²) in [5.74, 6) is 0.802. The van der Waals surface area contributed by atoms with Gasteiger partial charge in [0.25, 0.3) is 0 Å². The summed E-state index contributed by atoms with van der Waals surface area (Å²) in [7, 11) is 0. The maximum atomic E-state index is 10.8. The number of fused-ring (bicyclic) bond motifs is 1. The van der Waals surface area contributed by atoms with E-state index in [-0.39, 0.29) is 11.4 Å². The fraction of sp³-hybridized carbons (Fsp3) is 0.333. The van der Waals surface area contributed by atoms with Gasteiger partial charge in [-0.2, -0.15) is 0 Å². The van der Waals surface area contributed by atoms with Crippen LogP contribution >= 0.6 is 0 Å². The Bertz CT molecular complexity index is 1060. The largest absolute Gasteiger partial charge is 0.508 e. The van der Waals surface area contributed by atoms with Gasteiger partial charge < -0.3 is 25.0 Å². The van der Waals surface area contributed by atoms with E-state index in [4.69, 9.17) is 4.74 Å². The number of aliphatic hydroxyl groups is 2. The van der Waals surface area contributed by atoms with Crippen molar-refractivity contribution in [1.82, 2.24) is 4.90 Å². The van der Waals surface area contributed by atoms with Crippen LogP contribution in [0.15, 0.2) is 72.8 Å². The van der Waals surface area contributed by atoms with E-state index >= 15 is 0 Å². The minimum Gasteiger partial charge on any atom is -0.508 e. The van der Waals surface area contributed by atoms with E-state index < -0.39 is 12.2 Å². The molecule has 3 aromatic rings. The van der Waals surface area contributed by atoms with E-state index in [0.717, 1.165) is 37.1 Å². The monoisotopic (exact) mass is 431 g/mol. The Labute approximate surface area is 188 Å². The van der Waals surface area contributed by atoms with Crippen LogP contribution in [0.1, 0.15) is 42.6 Å². The third-order valence-corrected chi connectivity index (χ3v) is 6.85. The van der Waals surface area contributed by atoms with Gasteiger partial charge in [-0.3, -0.25) is 0 Å². The molecule has 3 N–H and O–H groups in total. The van der Waals surface area contributed by atoms with E-state index in [9.17, 15) is 15.3 Å². The molecule has 0 aliphatic carbocycles. The number of hydrogen-bond donors (Lipinski definition) is 3. The first-order valence-corrected chi connectivity index (χ1v) is 11.3. The summed E-state index contributed by atoms with van der Waals surface area (Å²) in [4.78, 5) is 2.27. The molecule has 0 unspecified atom stereocenters. The van der Waals surface area contributed by atoms with Crippen LogP contribution in [-0.4, -0.2) is 45.5 Å². The van der Waals surface area contributed by atoms with Gasteiger partial charge in [0.2, 0.25) is 0 Å². The van der Waals surface area contributed by atoms with Crippen molar-refractivity contribution in [3.63, 3.8) is 0 Å². The summed E-state index contributed by atoms with van der Waals surface area (Å²) in [5, 5.41) is 31.1. The molecule has 1 fully saturated rings. The first-order chi connectivity index (χ1) is 15.5. The number of likely N-dealkylation sites (tertiary alicyclic amines) is 1. The molecule has 5 rings (SSSR count). The molecule has 32 heavy (non-hydrogen) atoms. The Morgan fingerprint density at radius 2 is 1.62 bits per heavy atom. The normalized spacial score (nSPS) is 21.0. The lowest BCUT2D eigenvalue weighted by molar-refractivity contribution is -0.0588. The highest BCUT2D eigenvalue weighted by atomic mass is 16.5. The molecule has 166 valence electrons. The van der Waals surface area contributed by atoms with Gasteiger partial charge in [0.15, 0.2) is 0 Å².